The Bertz CT molecular complexity index is 1060. The van der Waals surface area contributed by atoms with Crippen molar-refractivity contribution in [2.75, 3.05) is 13.6 Å². The second-order valence-electron chi connectivity index (χ2n) is 8.04. The lowest BCUT2D eigenvalue weighted by Gasteiger charge is -2.31. The number of halogens is 8. The molecule has 0 aliphatic carbocycles. The van der Waals surface area contributed by atoms with Crippen LogP contribution >= 0.6 is 23.2 Å². The summed E-state index contributed by atoms with van der Waals surface area (Å²) in [5.41, 5.74) is -2.00. The van der Waals surface area contributed by atoms with E-state index in [-0.39, 0.29) is 21.2 Å². The molecule has 2 unspecified atom stereocenters. The predicted molar refractivity (Wildman–Crippen MR) is 115 cm³/mol. The Hall–Kier alpha value is -2.01. The lowest BCUT2D eigenvalue weighted by molar-refractivity contribution is -0.322. The molecule has 2 aromatic rings. The van der Waals surface area contributed by atoms with Crippen molar-refractivity contribution in [3.63, 3.8) is 0 Å². The summed E-state index contributed by atoms with van der Waals surface area (Å²) in [4.78, 5) is 17.6. The molecule has 0 bridgehead atoms. The molecule has 2 aromatic carbocycles. The third-order valence-corrected chi connectivity index (χ3v) is 6.02. The van der Waals surface area contributed by atoms with Gasteiger partial charge in [0.25, 0.3) is 5.91 Å². The van der Waals surface area contributed by atoms with Gasteiger partial charge in [-0.3, -0.25) is 9.63 Å². The van der Waals surface area contributed by atoms with Gasteiger partial charge < -0.3 is 5.32 Å². The largest absolute Gasteiger partial charge is 0.423 e. The SMILES string of the molecule is Cc1cc(C2CC(c3cc(Cl)cc(Cl)c3)(C(F)(F)F)ON2C)ccc1C(=O)NCCC(F)(F)F. The molecule has 1 saturated heterocycles. The van der Waals surface area contributed by atoms with Gasteiger partial charge in [-0.2, -0.15) is 31.4 Å². The normalized spacial score (nSPS) is 21.6. The summed E-state index contributed by atoms with van der Waals surface area (Å²) in [6.07, 6.45) is -10.9. The molecule has 1 heterocycles. The van der Waals surface area contributed by atoms with Gasteiger partial charge in [0, 0.05) is 35.6 Å². The Morgan fingerprint density at radius 1 is 1.12 bits per heavy atom. The topological polar surface area (TPSA) is 41.6 Å². The minimum Gasteiger partial charge on any atom is -0.352 e. The maximum absolute atomic E-state index is 14.3. The van der Waals surface area contributed by atoms with E-state index in [4.69, 9.17) is 28.0 Å². The molecule has 1 fully saturated rings. The fraction of sp³-hybridized carbons (Fsp3) is 0.409. The molecule has 1 aliphatic rings. The van der Waals surface area contributed by atoms with Gasteiger partial charge in [0.1, 0.15) is 0 Å². The lowest BCUT2D eigenvalue weighted by atomic mass is 9.85. The van der Waals surface area contributed by atoms with E-state index in [9.17, 15) is 31.1 Å². The van der Waals surface area contributed by atoms with Crippen molar-refractivity contribution < 1.29 is 36.0 Å². The molecule has 3 rings (SSSR count). The lowest BCUT2D eigenvalue weighted by Crippen LogP contribution is -2.42. The van der Waals surface area contributed by atoms with Gasteiger partial charge in [-0.25, -0.2) is 0 Å². The number of amides is 1. The van der Waals surface area contributed by atoms with E-state index in [1.54, 1.807) is 6.92 Å². The van der Waals surface area contributed by atoms with E-state index in [2.05, 4.69) is 5.32 Å². The molecule has 1 amide bonds. The predicted octanol–water partition coefficient (Wildman–Crippen LogP) is 6.75. The number of aryl methyl sites for hydroxylation is 1. The molecule has 186 valence electrons. The fourth-order valence-electron chi connectivity index (χ4n) is 3.93. The third kappa shape index (κ3) is 5.62. The zero-order chi connectivity index (χ0) is 25.5. The first kappa shape index (κ1) is 26.6. The zero-order valence-corrected chi connectivity index (χ0v) is 19.5. The summed E-state index contributed by atoms with van der Waals surface area (Å²) >= 11 is 11.9. The Kier molecular flexibility index (Phi) is 7.48. The number of carbonyl (C=O) groups excluding carboxylic acids is 1. The van der Waals surface area contributed by atoms with E-state index < -0.39 is 49.3 Å². The highest BCUT2D eigenvalue weighted by atomic mass is 35.5. The van der Waals surface area contributed by atoms with Crippen molar-refractivity contribution in [2.24, 2.45) is 0 Å². The van der Waals surface area contributed by atoms with Crippen LogP contribution in [0.2, 0.25) is 10.0 Å². The van der Waals surface area contributed by atoms with Crippen molar-refractivity contribution in [2.45, 2.75) is 43.8 Å². The first-order chi connectivity index (χ1) is 15.6. The number of rotatable bonds is 5. The van der Waals surface area contributed by atoms with Crippen LogP contribution in [0.25, 0.3) is 0 Å². The highest BCUT2D eigenvalue weighted by Gasteiger charge is 2.63. The molecule has 0 aromatic heterocycles. The van der Waals surface area contributed by atoms with Crippen LogP contribution in [0.3, 0.4) is 0 Å². The van der Waals surface area contributed by atoms with Crippen LogP contribution in [0, 0.1) is 6.92 Å². The van der Waals surface area contributed by atoms with Crippen LogP contribution in [0.1, 0.15) is 45.9 Å². The average Bonchev–Trinajstić information content (AvgIpc) is 3.04. The maximum Gasteiger partial charge on any atom is 0.423 e. The van der Waals surface area contributed by atoms with Gasteiger partial charge in [0.15, 0.2) is 0 Å². The molecule has 12 heteroatoms. The van der Waals surface area contributed by atoms with E-state index in [0.29, 0.717) is 11.1 Å². The number of hydrogen-bond acceptors (Lipinski definition) is 3. The van der Waals surface area contributed by atoms with Crippen molar-refractivity contribution >= 4 is 29.1 Å². The Balaban J connectivity index is 1.88. The number of alkyl halides is 6. The Labute approximate surface area is 201 Å². The standard InChI is InChI=1S/C22H20Cl2F6N2O2/c1-12-7-13(3-4-17(12)19(33)31-6-5-21(25,26)27)18-11-20(22(28,29)30,34-32(18)2)14-8-15(23)10-16(24)9-14/h3-4,7-10,18H,5-6,11H2,1-2H3,(H,31,33). The molecule has 0 spiro atoms. The summed E-state index contributed by atoms with van der Waals surface area (Å²) in [5.74, 6) is -0.706. The van der Waals surface area contributed by atoms with E-state index >= 15 is 0 Å². The number of hydroxylamine groups is 2. The molecular weight excluding hydrogens is 509 g/mol. The monoisotopic (exact) mass is 528 g/mol. The average molecular weight is 529 g/mol. The molecule has 1 N–H and O–H groups in total. The van der Waals surface area contributed by atoms with E-state index in [0.717, 1.165) is 17.2 Å². The van der Waals surface area contributed by atoms with Gasteiger partial charge in [-0.15, -0.1) is 0 Å². The molecule has 2 atom stereocenters. The van der Waals surface area contributed by atoms with Crippen LogP contribution in [0.5, 0.6) is 0 Å². The Morgan fingerprint density at radius 2 is 1.74 bits per heavy atom. The van der Waals surface area contributed by atoms with Crippen LogP contribution in [-0.4, -0.2) is 36.9 Å². The second kappa shape index (κ2) is 9.56. The smallest absolute Gasteiger partial charge is 0.352 e. The molecule has 4 nitrogen and oxygen atoms in total. The van der Waals surface area contributed by atoms with Crippen LogP contribution in [-0.2, 0) is 10.4 Å². The number of nitrogens with zero attached hydrogens (tertiary/aromatic N) is 1. The van der Waals surface area contributed by atoms with Crippen molar-refractivity contribution in [1.82, 2.24) is 10.4 Å². The maximum atomic E-state index is 14.3. The molecule has 0 radical (unpaired) electrons. The van der Waals surface area contributed by atoms with Crippen molar-refractivity contribution in [3.8, 4) is 0 Å². The summed E-state index contributed by atoms with van der Waals surface area (Å²) in [6.45, 7) is 0.963. The van der Waals surface area contributed by atoms with Gasteiger partial charge in [-0.1, -0.05) is 35.3 Å². The minimum atomic E-state index is -4.81. The van der Waals surface area contributed by atoms with Crippen LogP contribution in [0.15, 0.2) is 36.4 Å². The third-order valence-electron chi connectivity index (χ3n) is 5.58. The molecule has 0 saturated carbocycles. The van der Waals surface area contributed by atoms with Crippen LogP contribution in [0.4, 0.5) is 26.3 Å². The molecule has 34 heavy (non-hydrogen) atoms. The summed E-state index contributed by atoms with van der Waals surface area (Å²) in [5, 5.41) is 3.33. The van der Waals surface area contributed by atoms with Crippen LogP contribution < -0.4 is 5.32 Å². The number of nitrogens with one attached hydrogen (secondary N) is 1. The second-order valence-corrected chi connectivity index (χ2v) is 8.91. The molecule has 1 aliphatic heterocycles. The van der Waals surface area contributed by atoms with E-state index in [1.807, 2.05) is 0 Å². The highest BCUT2D eigenvalue weighted by molar-refractivity contribution is 6.34. The van der Waals surface area contributed by atoms with Crippen molar-refractivity contribution in [3.05, 3.63) is 68.7 Å². The first-order valence-electron chi connectivity index (χ1n) is 10.0. The van der Waals surface area contributed by atoms with E-state index in [1.165, 1.54) is 31.3 Å². The molecular formula is C22H20Cl2F6N2O2. The highest BCUT2D eigenvalue weighted by Crippen LogP contribution is 2.54. The quantitative estimate of drug-likeness (QED) is 0.436. The van der Waals surface area contributed by atoms with Gasteiger partial charge in [0.05, 0.1) is 12.5 Å². The number of carbonyl (C=O) groups is 1. The fourth-order valence-corrected chi connectivity index (χ4v) is 4.45. The van der Waals surface area contributed by atoms with Gasteiger partial charge in [-0.05, 0) is 47.9 Å². The first-order valence-corrected chi connectivity index (χ1v) is 10.8. The van der Waals surface area contributed by atoms with Gasteiger partial charge >= 0.3 is 12.4 Å². The summed E-state index contributed by atoms with van der Waals surface area (Å²) in [7, 11) is 1.36. The Morgan fingerprint density at radius 3 is 2.26 bits per heavy atom. The number of hydrogen-bond donors (Lipinski definition) is 1. The zero-order valence-electron chi connectivity index (χ0n) is 18.0. The summed E-state index contributed by atoms with van der Waals surface area (Å²) < 4.78 is 79.8. The summed E-state index contributed by atoms with van der Waals surface area (Å²) in [6, 6.07) is 7.10. The van der Waals surface area contributed by atoms with Crippen molar-refractivity contribution in [1.29, 1.82) is 0 Å². The van der Waals surface area contributed by atoms with Gasteiger partial charge in [0.2, 0.25) is 5.60 Å². The number of benzene rings is 2. The minimum absolute atomic E-state index is 0.0255.